The molecule has 19 heavy (non-hydrogen) atoms. The van der Waals surface area contributed by atoms with Crippen molar-refractivity contribution in [3.05, 3.63) is 0 Å². The first-order chi connectivity index (χ1) is 9.33. The Bertz CT molecular complexity index is 310. The zero-order chi connectivity index (χ0) is 13.1. The lowest BCUT2D eigenvalue weighted by Gasteiger charge is -2.24. The van der Waals surface area contributed by atoms with Gasteiger partial charge in [-0.05, 0) is 56.4 Å². The normalized spacial score (nSPS) is 34.5. The van der Waals surface area contributed by atoms with Crippen molar-refractivity contribution >= 4 is 5.91 Å². The largest absolute Gasteiger partial charge is 0.342 e. The molecule has 2 aliphatic carbocycles. The minimum Gasteiger partial charge on any atom is -0.342 e. The first-order valence-electron chi connectivity index (χ1n) is 8.31. The molecule has 3 nitrogen and oxygen atoms in total. The van der Waals surface area contributed by atoms with Crippen LogP contribution in [0.25, 0.3) is 0 Å². The molecular weight excluding hydrogens is 236 g/mol. The fraction of sp³-hybridized carbons (Fsp3) is 0.938. The van der Waals surface area contributed by atoms with Crippen LogP contribution in [-0.2, 0) is 4.79 Å². The predicted octanol–water partition coefficient (Wildman–Crippen LogP) is 2.41. The van der Waals surface area contributed by atoms with Gasteiger partial charge in [0.2, 0.25) is 5.91 Å². The fourth-order valence-electron chi connectivity index (χ4n) is 4.42. The zero-order valence-electron chi connectivity index (χ0n) is 12.1. The molecule has 3 unspecified atom stereocenters. The van der Waals surface area contributed by atoms with Gasteiger partial charge in [-0.2, -0.15) is 0 Å². The molecule has 3 atom stereocenters. The van der Waals surface area contributed by atoms with E-state index in [1.165, 1.54) is 51.4 Å². The van der Waals surface area contributed by atoms with Crippen molar-refractivity contribution < 1.29 is 4.79 Å². The first-order valence-corrected chi connectivity index (χ1v) is 8.31. The van der Waals surface area contributed by atoms with Crippen molar-refractivity contribution in [2.24, 2.45) is 17.8 Å². The van der Waals surface area contributed by atoms with Gasteiger partial charge in [0.15, 0.2) is 0 Å². The summed E-state index contributed by atoms with van der Waals surface area (Å²) in [7, 11) is 0. The van der Waals surface area contributed by atoms with E-state index in [9.17, 15) is 4.79 Å². The minimum absolute atomic E-state index is 0.324. The van der Waals surface area contributed by atoms with Gasteiger partial charge in [-0.3, -0.25) is 4.79 Å². The molecule has 3 aliphatic rings. The molecular formula is C16H28N2O. The number of carbonyl (C=O) groups is 1. The quantitative estimate of drug-likeness (QED) is 0.846. The molecule has 1 N–H and O–H groups in total. The summed E-state index contributed by atoms with van der Waals surface area (Å²) in [5.74, 6) is 3.16. The molecule has 2 bridgehead atoms. The summed E-state index contributed by atoms with van der Waals surface area (Å²) >= 11 is 0. The Hall–Kier alpha value is -0.570. The van der Waals surface area contributed by atoms with Crippen LogP contribution in [0.3, 0.4) is 0 Å². The Labute approximate surface area is 117 Å². The van der Waals surface area contributed by atoms with Crippen molar-refractivity contribution in [3.63, 3.8) is 0 Å². The number of hydrogen-bond acceptors (Lipinski definition) is 2. The maximum atomic E-state index is 12.1. The summed E-state index contributed by atoms with van der Waals surface area (Å²) in [5.41, 5.74) is 0. The molecule has 1 aliphatic heterocycles. The van der Waals surface area contributed by atoms with Gasteiger partial charge in [-0.25, -0.2) is 0 Å². The van der Waals surface area contributed by atoms with Gasteiger partial charge in [-0.1, -0.05) is 19.3 Å². The predicted molar refractivity (Wildman–Crippen MR) is 76.9 cm³/mol. The molecule has 0 aromatic carbocycles. The molecule has 1 amide bonds. The molecule has 0 aromatic rings. The zero-order valence-corrected chi connectivity index (χ0v) is 12.1. The number of carbonyl (C=O) groups excluding carboxylic acids is 1. The van der Waals surface area contributed by atoms with Gasteiger partial charge in [0.05, 0.1) is 6.54 Å². The summed E-state index contributed by atoms with van der Waals surface area (Å²) < 4.78 is 0. The van der Waals surface area contributed by atoms with Crippen LogP contribution in [0.1, 0.15) is 51.4 Å². The van der Waals surface area contributed by atoms with Crippen molar-refractivity contribution in [1.82, 2.24) is 10.2 Å². The van der Waals surface area contributed by atoms with Gasteiger partial charge in [0.1, 0.15) is 0 Å². The van der Waals surface area contributed by atoms with E-state index in [4.69, 9.17) is 0 Å². The average Bonchev–Trinajstić information content (AvgIpc) is 2.92. The number of amides is 1. The van der Waals surface area contributed by atoms with Gasteiger partial charge < -0.3 is 10.2 Å². The Kier molecular flexibility index (Phi) is 4.42. The van der Waals surface area contributed by atoms with Crippen molar-refractivity contribution in [1.29, 1.82) is 0 Å². The molecule has 0 spiro atoms. The number of fused-ring (bicyclic) bond motifs is 2. The van der Waals surface area contributed by atoms with Crippen LogP contribution >= 0.6 is 0 Å². The van der Waals surface area contributed by atoms with Gasteiger partial charge in [-0.15, -0.1) is 0 Å². The second-order valence-corrected chi connectivity index (χ2v) is 6.86. The Morgan fingerprint density at radius 1 is 1.05 bits per heavy atom. The lowest BCUT2D eigenvalue weighted by molar-refractivity contribution is -0.130. The Balaban J connectivity index is 1.36. The smallest absolute Gasteiger partial charge is 0.236 e. The Morgan fingerprint density at radius 3 is 2.47 bits per heavy atom. The third-order valence-corrected chi connectivity index (χ3v) is 5.53. The minimum atomic E-state index is 0.324. The van der Waals surface area contributed by atoms with Crippen LogP contribution in [0, 0.1) is 17.8 Å². The summed E-state index contributed by atoms with van der Waals surface area (Å²) in [5, 5.41) is 3.44. The standard InChI is InChI=1S/C16H28N2O/c19-16(18-7-3-1-2-4-8-18)12-17-11-15-10-13-5-6-14(15)9-13/h13-15,17H,1-12H2. The summed E-state index contributed by atoms with van der Waals surface area (Å²) in [6.45, 7) is 3.60. The van der Waals surface area contributed by atoms with Crippen molar-refractivity contribution in [2.45, 2.75) is 51.4 Å². The monoisotopic (exact) mass is 264 g/mol. The van der Waals surface area contributed by atoms with Crippen LogP contribution in [-0.4, -0.2) is 37.0 Å². The highest BCUT2D eigenvalue weighted by Gasteiger charge is 2.38. The maximum absolute atomic E-state index is 12.1. The third-order valence-electron chi connectivity index (χ3n) is 5.53. The van der Waals surface area contributed by atoms with E-state index in [0.29, 0.717) is 12.5 Å². The second-order valence-electron chi connectivity index (χ2n) is 6.86. The average molecular weight is 264 g/mol. The van der Waals surface area contributed by atoms with Gasteiger partial charge >= 0.3 is 0 Å². The van der Waals surface area contributed by atoms with Crippen LogP contribution < -0.4 is 5.32 Å². The van der Waals surface area contributed by atoms with E-state index in [1.807, 2.05) is 0 Å². The SMILES string of the molecule is O=C(CNCC1CC2CCC1C2)N1CCCCCC1. The topological polar surface area (TPSA) is 32.3 Å². The van der Waals surface area contributed by atoms with Gasteiger partial charge in [0, 0.05) is 13.1 Å². The van der Waals surface area contributed by atoms with Gasteiger partial charge in [0.25, 0.3) is 0 Å². The molecule has 3 heteroatoms. The number of nitrogens with one attached hydrogen (secondary N) is 1. The molecule has 3 fully saturated rings. The van der Waals surface area contributed by atoms with Crippen LogP contribution in [0.2, 0.25) is 0 Å². The molecule has 108 valence electrons. The molecule has 1 heterocycles. The molecule has 3 rings (SSSR count). The molecule has 1 saturated heterocycles. The number of hydrogen-bond donors (Lipinski definition) is 1. The van der Waals surface area contributed by atoms with Crippen molar-refractivity contribution in [2.75, 3.05) is 26.2 Å². The van der Waals surface area contributed by atoms with E-state index in [-0.39, 0.29) is 0 Å². The molecule has 0 aromatic heterocycles. The highest BCUT2D eigenvalue weighted by molar-refractivity contribution is 5.78. The Morgan fingerprint density at radius 2 is 1.84 bits per heavy atom. The van der Waals surface area contributed by atoms with E-state index < -0.39 is 0 Å². The lowest BCUT2D eigenvalue weighted by Crippen LogP contribution is -2.40. The molecule has 2 saturated carbocycles. The molecule has 0 radical (unpaired) electrons. The van der Waals surface area contributed by atoms with E-state index in [1.54, 1.807) is 0 Å². The van der Waals surface area contributed by atoms with Crippen molar-refractivity contribution in [3.8, 4) is 0 Å². The van der Waals surface area contributed by atoms with E-state index >= 15 is 0 Å². The van der Waals surface area contributed by atoms with E-state index in [0.717, 1.165) is 37.4 Å². The highest BCUT2D eigenvalue weighted by atomic mass is 16.2. The highest BCUT2D eigenvalue weighted by Crippen LogP contribution is 2.47. The van der Waals surface area contributed by atoms with Crippen LogP contribution in [0.15, 0.2) is 0 Å². The first kappa shape index (κ1) is 13.4. The van der Waals surface area contributed by atoms with Crippen LogP contribution in [0.4, 0.5) is 0 Å². The number of likely N-dealkylation sites (tertiary alicyclic amines) is 1. The second kappa shape index (κ2) is 6.25. The van der Waals surface area contributed by atoms with E-state index in [2.05, 4.69) is 10.2 Å². The van der Waals surface area contributed by atoms with Crippen LogP contribution in [0.5, 0.6) is 0 Å². The maximum Gasteiger partial charge on any atom is 0.236 e. The number of rotatable bonds is 4. The summed E-state index contributed by atoms with van der Waals surface area (Å²) in [6, 6.07) is 0. The lowest BCUT2D eigenvalue weighted by atomic mass is 9.89. The fourth-order valence-corrected chi connectivity index (χ4v) is 4.42. The summed E-state index contributed by atoms with van der Waals surface area (Å²) in [4.78, 5) is 14.2. The third kappa shape index (κ3) is 3.31. The number of nitrogens with zero attached hydrogens (tertiary/aromatic N) is 1. The summed E-state index contributed by atoms with van der Waals surface area (Å²) in [6.07, 6.45) is 10.8.